The van der Waals surface area contributed by atoms with E-state index in [2.05, 4.69) is 5.32 Å². The van der Waals surface area contributed by atoms with Crippen LogP contribution in [0.4, 0.5) is 23.2 Å². The molecule has 0 aromatic heterocycles. The summed E-state index contributed by atoms with van der Waals surface area (Å²) >= 11 is 5.38. The van der Waals surface area contributed by atoms with E-state index in [9.17, 15) is 17.6 Å². The van der Waals surface area contributed by atoms with E-state index in [4.69, 9.17) is 12.2 Å². The van der Waals surface area contributed by atoms with Crippen molar-refractivity contribution in [1.82, 2.24) is 4.90 Å². The van der Waals surface area contributed by atoms with Crippen LogP contribution in [0.25, 0.3) is 0 Å². The van der Waals surface area contributed by atoms with Crippen molar-refractivity contribution in [2.75, 3.05) is 25.1 Å². The van der Waals surface area contributed by atoms with Crippen LogP contribution in [0.15, 0.2) is 48.5 Å². The van der Waals surface area contributed by atoms with Crippen molar-refractivity contribution in [3.8, 4) is 0 Å². The van der Waals surface area contributed by atoms with Crippen LogP contribution in [-0.2, 0) is 12.7 Å². The molecule has 2 aromatic rings. The molecule has 144 valence electrons. The number of alkyl halides is 3. The number of rotatable bonds is 3. The second-order valence-electron chi connectivity index (χ2n) is 6.55. The largest absolute Gasteiger partial charge is 0.416 e. The van der Waals surface area contributed by atoms with Gasteiger partial charge in [-0.1, -0.05) is 24.3 Å². The highest BCUT2D eigenvalue weighted by molar-refractivity contribution is 7.80. The van der Waals surface area contributed by atoms with Crippen molar-refractivity contribution >= 4 is 23.0 Å². The third-order valence-corrected chi connectivity index (χ3v) is 4.86. The molecule has 0 spiro atoms. The van der Waals surface area contributed by atoms with Crippen molar-refractivity contribution < 1.29 is 22.5 Å². The van der Waals surface area contributed by atoms with E-state index in [1.165, 1.54) is 12.1 Å². The minimum atomic E-state index is -4.40. The van der Waals surface area contributed by atoms with Crippen LogP contribution in [0.5, 0.6) is 0 Å². The van der Waals surface area contributed by atoms with E-state index in [1.807, 2.05) is 4.90 Å². The summed E-state index contributed by atoms with van der Waals surface area (Å²) in [6.07, 6.45) is -3.53. The standard InChI is InChI=1S/C19H19F4N3S/c20-17-8-2-1-5-14(17)12-25-9-4-10-26(13-25)18(27)24-16-7-3-6-15(11-16)19(21,22)23/h1-3,5-8,11H,4,9-10,12-13H2,(H,24,27)/p+1. The summed E-state index contributed by atoms with van der Waals surface area (Å²) in [6.45, 7) is 2.71. The third-order valence-electron chi connectivity index (χ3n) is 4.50. The maximum Gasteiger partial charge on any atom is 0.416 e. The molecule has 2 aromatic carbocycles. The number of nitrogens with zero attached hydrogens (tertiary/aromatic N) is 1. The van der Waals surface area contributed by atoms with E-state index in [1.54, 1.807) is 24.3 Å². The zero-order chi connectivity index (χ0) is 19.4. The van der Waals surface area contributed by atoms with Gasteiger partial charge < -0.3 is 15.1 Å². The van der Waals surface area contributed by atoms with Crippen LogP contribution in [0, 0.1) is 5.82 Å². The zero-order valence-electron chi connectivity index (χ0n) is 14.5. The lowest BCUT2D eigenvalue weighted by Gasteiger charge is -2.34. The Balaban J connectivity index is 1.63. The molecule has 27 heavy (non-hydrogen) atoms. The molecular formula is C19H20F4N3S+. The van der Waals surface area contributed by atoms with Gasteiger partial charge in [-0.2, -0.15) is 13.2 Å². The molecule has 1 aliphatic heterocycles. The van der Waals surface area contributed by atoms with Gasteiger partial charge in [-0.05, 0) is 36.5 Å². The predicted molar refractivity (Wildman–Crippen MR) is 99.8 cm³/mol. The maximum atomic E-state index is 13.9. The van der Waals surface area contributed by atoms with Gasteiger partial charge in [0.25, 0.3) is 0 Å². The fraction of sp³-hybridized carbons (Fsp3) is 0.316. The molecule has 3 nitrogen and oxygen atoms in total. The molecule has 1 aliphatic rings. The second kappa shape index (κ2) is 8.22. The van der Waals surface area contributed by atoms with Crippen molar-refractivity contribution in [1.29, 1.82) is 0 Å². The molecular weight excluding hydrogens is 378 g/mol. The Hall–Kier alpha value is -2.19. The van der Waals surface area contributed by atoms with Crippen LogP contribution in [0.1, 0.15) is 17.5 Å². The smallest absolute Gasteiger partial charge is 0.332 e. The molecule has 0 amide bonds. The molecule has 1 unspecified atom stereocenters. The van der Waals surface area contributed by atoms with Crippen molar-refractivity contribution in [3.63, 3.8) is 0 Å². The topological polar surface area (TPSA) is 19.7 Å². The molecule has 0 bridgehead atoms. The summed E-state index contributed by atoms with van der Waals surface area (Å²) in [5.74, 6) is -0.230. The number of hydrogen-bond acceptors (Lipinski definition) is 1. The van der Waals surface area contributed by atoms with Gasteiger partial charge in [0, 0.05) is 24.2 Å². The Morgan fingerprint density at radius 3 is 2.67 bits per heavy atom. The van der Waals surface area contributed by atoms with E-state index in [0.29, 0.717) is 36.1 Å². The average Bonchev–Trinajstić information content (AvgIpc) is 2.63. The van der Waals surface area contributed by atoms with Gasteiger partial charge in [-0.15, -0.1) is 0 Å². The Morgan fingerprint density at radius 2 is 1.93 bits per heavy atom. The molecule has 1 heterocycles. The zero-order valence-corrected chi connectivity index (χ0v) is 15.3. The normalized spacial score (nSPS) is 17.6. The van der Waals surface area contributed by atoms with Gasteiger partial charge in [0.1, 0.15) is 12.4 Å². The van der Waals surface area contributed by atoms with Crippen LogP contribution < -0.4 is 10.2 Å². The molecule has 1 atom stereocenters. The fourth-order valence-electron chi connectivity index (χ4n) is 3.15. The van der Waals surface area contributed by atoms with Gasteiger partial charge >= 0.3 is 6.18 Å². The molecule has 1 saturated heterocycles. The Labute approximate surface area is 160 Å². The lowest BCUT2D eigenvalue weighted by atomic mass is 10.2. The molecule has 3 rings (SSSR count). The summed E-state index contributed by atoms with van der Waals surface area (Å²) in [7, 11) is 0. The SMILES string of the molecule is Fc1ccccc1C[NH+]1CCCN(C(=S)Nc2cccc(C(F)(F)F)c2)C1. The van der Waals surface area contributed by atoms with E-state index < -0.39 is 11.7 Å². The minimum absolute atomic E-state index is 0.230. The summed E-state index contributed by atoms with van der Waals surface area (Å²) in [5, 5.41) is 3.26. The lowest BCUT2D eigenvalue weighted by molar-refractivity contribution is -0.927. The number of quaternary nitrogens is 1. The minimum Gasteiger partial charge on any atom is -0.332 e. The first kappa shape index (κ1) is 19.6. The number of nitrogens with one attached hydrogen (secondary N) is 2. The monoisotopic (exact) mass is 398 g/mol. The quantitative estimate of drug-likeness (QED) is 0.612. The van der Waals surface area contributed by atoms with Crippen molar-refractivity contribution in [3.05, 3.63) is 65.5 Å². The molecule has 2 N–H and O–H groups in total. The van der Waals surface area contributed by atoms with Crippen LogP contribution in [0.3, 0.4) is 0 Å². The predicted octanol–water partition coefficient (Wildman–Crippen LogP) is 3.29. The number of anilines is 1. The first-order valence-electron chi connectivity index (χ1n) is 8.63. The van der Waals surface area contributed by atoms with Gasteiger partial charge in [0.05, 0.1) is 12.1 Å². The highest BCUT2D eigenvalue weighted by Crippen LogP contribution is 2.30. The van der Waals surface area contributed by atoms with Crippen molar-refractivity contribution in [2.24, 2.45) is 0 Å². The maximum absolute atomic E-state index is 13.9. The second-order valence-corrected chi connectivity index (χ2v) is 6.94. The van der Waals surface area contributed by atoms with E-state index >= 15 is 0 Å². The Morgan fingerprint density at radius 1 is 1.15 bits per heavy atom. The number of benzene rings is 2. The Kier molecular flexibility index (Phi) is 5.96. The van der Waals surface area contributed by atoms with Crippen LogP contribution in [-0.4, -0.2) is 29.8 Å². The molecule has 0 aliphatic carbocycles. The number of halogens is 4. The first-order valence-corrected chi connectivity index (χ1v) is 9.04. The van der Waals surface area contributed by atoms with E-state index in [0.717, 1.165) is 30.0 Å². The summed E-state index contributed by atoms with van der Waals surface area (Å²) in [5.41, 5.74) is 0.225. The van der Waals surface area contributed by atoms with Gasteiger partial charge in [0.15, 0.2) is 11.8 Å². The third kappa shape index (κ3) is 5.17. The average molecular weight is 398 g/mol. The molecule has 0 radical (unpaired) electrons. The highest BCUT2D eigenvalue weighted by Gasteiger charge is 2.30. The molecule has 8 heteroatoms. The number of hydrogen-bond donors (Lipinski definition) is 2. The number of thiocarbonyl (C=S) groups is 1. The molecule has 1 fully saturated rings. The van der Waals surface area contributed by atoms with Crippen LogP contribution >= 0.6 is 12.2 Å². The van der Waals surface area contributed by atoms with Crippen LogP contribution in [0.2, 0.25) is 0 Å². The fourth-order valence-corrected chi connectivity index (χ4v) is 3.43. The summed E-state index contributed by atoms with van der Waals surface area (Å²) < 4.78 is 52.4. The molecule has 0 saturated carbocycles. The van der Waals surface area contributed by atoms with E-state index in [-0.39, 0.29) is 5.82 Å². The van der Waals surface area contributed by atoms with Crippen molar-refractivity contribution in [2.45, 2.75) is 19.1 Å². The highest BCUT2D eigenvalue weighted by atomic mass is 32.1. The van der Waals surface area contributed by atoms with Gasteiger partial charge in [0.2, 0.25) is 0 Å². The van der Waals surface area contributed by atoms with Gasteiger partial charge in [-0.3, -0.25) is 0 Å². The summed E-state index contributed by atoms with van der Waals surface area (Å²) in [6, 6.07) is 11.6. The summed E-state index contributed by atoms with van der Waals surface area (Å²) in [4.78, 5) is 3.06. The van der Waals surface area contributed by atoms with Gasteiger partial charge in [-0.25, -0.2) is 4.39 Å². The Bertz CT molecular complexity index is 810. The lowest BCUT2D eigenvalue weighted by Crippen LogP contribution is -3.13. The first-order chi connectivity index (χ1) is 12.8.